The number of amides is 1. The molecule has 2 aliphatic rings. The molecule has 0 aliphatic carbocycles. The summed E-state index contributed by atoms with van der Waals surface area (Å²) in [6.45, 7) is 15.1. The average Bonchev–Trinajstić information content (AvgIpc) is 2.94. The van der Waals surface area contributed by atoms with E-state index >= 15 is 0 Å². The van der Waals surface area contributed by atoms with Gasteiger partial charge in [0.25, 0.3) is 0 Å². The Morgan fingerprint density at radius 3 is 2.09 bits per heavy atom. The van der Waals surface area contributed by atoms with E-state index in [1.165, 1.54) is 13.8 Å². The predicted octanol–water partition coefficient (Wildman–Crippen LogP) is 2.43. The molecular formula is C24H36BNO7. The number of esters is 1. The molecule has 9 heteroatoms. The summed E-state index contributed by atoms with van der Waals surface area (Å²) < 4.78 is 29.7. The quantitative estimate of drug-likeness (QED) is 0.514. The normalized spacial score (nSPS) is 30.5. The predicted molar refractivity (Wildman–Crippen MR) is 124 cm³/mol. The minimum Gasteiger partial charge on any atom is -0.463 e. The first-order valence-electron chi connectivity index (χ1n) is 11.5. The van der Waals surface area contributed by atoms with Crippen molar-refractivity contribution in [3.8, 4) is 5.75 Å². The van der Waals surface area contributed by atoms with Crippen LogP contribution in [0.4, 0.5) is 0 Å². The van der Waals surface area contributed by atoms with Gasteiger partial charge in [-0.1, -0.05) is 26.0 Å². The summed E-state index contributed by atoms with van der Waals surface area (Å²) in [7, 11) is -0.462. The van der Waals surface area contributed by atoms with Crippen molar-refractivity contribution in [1.82, 2.24) is 5.32 Å². The molecule has 33 heavy (non-hydrogen) atoms. The molecule has 1 amide bonds. The average molecular weight is 461 g/mol. The fourth-order valence-electron chi connectivity index (χ4n) is 4.04. The van der Waals surface area contributed by atoms with E-state index in [0.717, 1.165) is 5.46 Å². The molecule has 0 spiro atoms. The summed E-state index contributed by atoms with van der Waals surface area (Å²) >= 11 is 0. The van der Waals surface area contributed by atoms with Crippen LogP contribution >= 0.6 is 0 Å². The number of rotatable bonds is 6. The lowest BCUT2D eigenvalue weighted by Crippen LogP contribution is -2.59. The minimum atomic E-state index is -0.733. The third kappa shape index (κ3) is 5.70. The molecule has 4 unspecified atom stereocenters. The Morgan fingerprint density at radius 2 is 1.58 bits per heavy atom. The van der Waals surface area contributed by atoms with Gasteiger partial charge in [-0.3, -0.25) is 9.59 Å². The Bertz CT molecular complexity index is 839. The van der Waals surface area contributed by atoms with Gasteiger partial charge in [-0.25, -0.2) is 0 Å². The summed E-state index contributed by atoms with van der Waals surface area (Å²) in [5.41, 5.74) is 0.0507. The largest absolute Gasteiger partial charge is 0.494 e. The van der Waals surface area contributed by atoms with E-state index in [-0.39, 0.29) is 42.5 Å². The van der Waals surface area contributed by atoms with Crippen LogP contribution < -0.4 is 15.5 Å². The lowest BCUT2D eigenvalue weighted by Gasteiger charge is -2.44. The minimum absolute atomic E-state index is 0.0391. The molecule has 182 valence electrons. The summed E-state index contributed by atoms with van der Waals surface area (Å²) in [5, 5.41) is 2.96. The second-order valence-electron chi connectivity index (χ2n) is 10.1. The van der Waals surface area contributed by atoms with Crippen molar-refractivity contribution in [2.24, 2.45) is 11.8 Å². The zero-order valence-corrected chi connectivity index (χ0v) is 20.8. The first-order chi connectivity index (χ1) is 15.3. The fraction of sp³-hybridized carbons (Fsp3) is 0.667. The molecule has 0 aromatic heterocycles. The molecule has 2 aliphatic heterocycles. The smallest absolute Gasteiger partial charge is 0.463 e. The summed E-state index contributed by atoms with van der Waals surface area (Å²) in [6.07, 6.45) is -1.08. The van der Waals surface area contributed by atoms with E-state index in [9.17, 15) is 9.59 Å². The molecule has 1 N–H and O–H groups in total. The van der Waals surface area contributed by atoms with Crippen LogP contribution in [0.5, 0.6) is 5.75 Å². The highest BCUT2D eigenvalue weighted by atomic mass is 16.7. The van der Waals surface area contributed by atoms with Crippen molar-refractivity contribution in [3.05, 3.63) is 24.3 Å². The first-order valence-corrected chi connectivity index (χ1v) is 11.5. The maximum Gasteiger partial charge on any atom is 0.494 e. The maximum atomic E-state index is 11.8. The lowest BCUT2D eigenvalue weighted by atomic mass is 9.79. The number of carbonyl (C=O) groups excluding carboxylic acids is 2. The van der Waals surface area contributed by atoms with Gasteiger partial charge in [0.1, 0.15) is 12.4 Å². The molecule has 1 aromatic carbocycles. The first kappa shape index (κ1) is 25.5. The molecule has 3 rings (SSSR count). The van der Waals surface area contributed by atoms with E-state index in [1.54, 1.807) is 0 Å². The van der Waals surface area contributed by atoms with Crippen LogP contribution in [-0.4, -0.2) is 55.2 Å². The number of ether oxygens (including phenoxy) is 3. The molecule has 0 radical (unpaired) electrons. The molecule has 2 heterocycles. The highest BCUT2D eigenvalue weighted by molar-refractivity contribution is 6.62. The van der Waals surface area contributed by atoms with Gasteiger partial charge >= 0.3 is 13.1 Å². The summed E-state index contributed by atoms with van der Waals surface area (Å²) in [6, 6.07) is 7.11. The molecule has 0 saturated carbocycles. The molecule has 0 bridgehead atoms. The van der Waals surface area contributed by atoms with Crippen LogP contribution in [0, 0.1) is 11.8 Å². The molecule has 8 nitrogen and oxygen atoms in total. The zero-order chi connectivity index (χ0) is 24.6. The number of carbonyl (C=O) groups is 2. The van der Waals surface area contributed by atoms with Crippen molar-refractivity contribution < 1.29 is 33.1 Å². The third-order valence-electron chi connectivity index (χ3n) is 7.06. The summed E-state index contributed by atoms with van der Waals surface area (Å²) in [5.74, 6) is 0.150. The van der Waals surface area contributed by atoms with Crippen molar-refractivity contribution in [3.63, 3.8) is 0 Å². The van der Waals surface area contributed by atoms with E-state index in [0.29, 0.717) is 5.75 Å². The van der Waals surface area contributed by atoms with E-state index in [4.69, 9.17) is 23.5 Å². The molecule has 5 atom stereocenters. The fourth-order valence-corrected chi connectivity index (χ4v) is 4.04. The van der Waals surface area contributed by atoms with Gasteiger partial charge in [0.15, 0.2) is 0 Å². The molecule has 2 saturated heterocycles. The Labute approximate surface area is 196 Å². The van der Waals surface area contributed by atoms with Gasteiger partial charge in [-0.2, -0.15) is 0 Å². The van der Waals surface area contributed by atoms with Gasteiger partial charge in [0, 0.05) is 13.8 Å². The number of benzene rings is 1. The maximum absolute atomic E-state index is 11.8. The monoisotopic (exact) mass is 461 g/mol. The number of hydrogen-bond acceptors (Lipinski definition) is 7. The van der Waals surface area contributed by atoms with Gasteiger partial charge in [-0.15, -0.1) is 0 Å². The second-order valence-corrected chi connectivity index (χ2v) is 10.1. The van der Waals surface area contributed by atoms with Crippen LogP contribution in [0.25, 0.3) is 0 Å². The Kier molecular flexibility index (Phi) is 7.46. The number of nitrogens with one attached hydrogen (secondary N) is 1. The molecule has 2 fully saturated rings. The third-order valence-corrected chi connectivity index (χ3v) is 7.06. The van der Waals surface area contributed by atoms with Crippen molar-refractivity contribution in [1.29, 1.82) is 0 Å². The lowest BCUT2D eigenvalue weighted by molar-refractivity contribution is -0.212. The van der Waals surface area contributed by atoms with E-state index in [1.807, 2.05) is 65.8 Å². The highest BCUT2D eigenvalue weighted by Gasteiger charge is 2.51. The standard InChI is InChI=1S/C24H36BNO7/c1-14-15(2)21(26-16(3)27)22(31-20(14)13-29-17(4)28)30-19-11-9-18(10-12-19)25-32-23(5,6)24(7,8)33-25/h9-12,14-15,20-22H,13H2,1-8H3,(H,26,27)/t14?,15?,20?,21-,22?/m0/s1. The van der Waals surface area contributed by atoms with Crippen LogP contribution in [0.15, 0.2) is 24.3 Å². The van der Waals surface area contributed by atoms with E-state index in [2.05, 4.69) is 5.32 Å². The second kappa shape index (κ2) is 9.64. The van der Waals surface area contributed by atoms with Gasteiger partial charge in [0.2, 0.25) is 12.2 Å². The van der Waals surface area contributed by atoms with Gasteiger partial charge in [0.05, 0.1) is 23.3 Å². The van der Waals surface area contributed by atoms with Crippen molar-refractivity contribution >= 4 is 24.5 Å². The Balaban J connectivity index is 1.74. The SMILES string of the molecule is CC(=O)N[C@@H]1C(Oc2ccc(B3OC(C)(C)C(C)(C)O3)cc2)OC(COC(C)=O)C(C)C1C. The molecule has 1 aromatic rings. The number of hydrogen-bond donors (Lipinski definition) is 1. The van der Waals surface area contributed by atoms with Crippen LogP contribution in [0.2, 0.25) is 0 Å². The highest BCUT2D eigenvalue weighted by Crippen LogP contribution is 2.37. The van der Waals surface area contributed by atoms with E-state index < -0.39 is 24.6 Å². The molecular weight excluding hydrogens is 425 g/mol. The van der Waals surface area contributed by atoms with Crippen LogP contribution in [-0.2, 0) is 28.4 Å². The van der Waals surface area contributed by atoms with Crippen molar-refractivity contribution in [2.45, 2.75) is 85.0 Å². The van der Waals surface area contributed by atoms with Gasteiger partial charge < -0.3 is 28.8 Å². The van der Waals surface area contributed by atoms with Crippen molar-refractivity contribution in [2.75, 3.05) is 6.61 Å². The topological polar surface area (TPSA) is 92.3 Å². The van der Waals surface area contributed by atoms with Crippen LogP contribution in [0.1, 0.15) is 55.4 Å². The van der Waals surface area contributed by atoms with Crippen LogP contribution in [0.3, 0.4) is 0 Å². The van der Waals surface area contributed by atoms with Gasteiger partial charge in [-0.05, 0) is 57.1 Å². The zero-order valence-electron chi connectivity index (χ0n) is 20.8. The Morgan fingerprint density at radius 1 is 1.00 bits per heavy atom. The summed E-state index contributed by atoms with van der Waals surface area (Å²) in [4.78, 5) is 23.1. The Hall–Kier alpha value is -2.10.